The summed E-state index contributed by atoms with van der Waals surface area (Å²) in [6.45, 7) is 10.1. The van der Waals surface area contributed by atoms with Gasteiger partial charge in [0.1, 0.15) is 5.54 Å². The fourth-order valence-electron chi connectivity index (χ4n) is 4.01. The molecule has 1 heterocycles. The van der Waals surface area contributed by atoms with Gasteiger partial charge in [0.25, 0.3) is 0 Å². The molecule has 0 aromatic rings. The number of piperazine rings is 1. The third-order valence-electron chi connectivity index (χ3n) is 5.67. The van der Waals surface area contributed by atoms with Crippen LogP contribution in [0.2, 0.25) is 0 Å². The number of hydrogen-bond donors (Lipinski definition) is 2. The topological polar surface area (TPSA) is 78.7 Å². The predicted molar refractivity (Wildman–Crippen MR) is 95.5 cm³/mol. The van der Waals surface area contributed by atoms with E-state index in [1.807, 2.05) is 6.92 Å². The van der Waals surface area contributed by atoms with Crippen molar-refractivity contribution in [3.8, 4) is 0 Å². The average Bonchev–Trinajstić information content (AvgIpc) is 2.59. The Morgan fingerprint density at radius 1 is 1.04 bits per heavy atom. The van der Waals surface area contributed by atoms with Gasteiger partial charge in [0, 0.05) is 32.7 Å². The van der Waals surface area contributed by atoms with Gasteiger partial charge in [0.05, 0.1) is 6.04 Å². The molecule has 1 atom stereocenters. The van der Waals surface area contributed by atoms with Crippen LogP contribution >= 0.6 is 0 Å². The van der Waals surface area contributed by atoms with E-state index in [1.165, 1.54) is 6.42 Å². The first-order chi connectivity index (χ1) is 11.4. The van der Waals surface area contributed by atoms with Crippen molar-refractivity contribution in [3.05, 3.63) is 0 Å². The Kier molecular flexibility index (Phi) is 6.63. The Balaban J connectivity index is 1.90. The van der Waals surface area contributed by atoms with E-state index in [-0.39, 0.29) is 17.9 Å². The molecule has 138 valence electrons. The SMILES string of the molecule is CC(C)CNC(=O)[C@@H](C)N1CCN(C2(C(N)=O)CCCCC2)CC1. The number of amides is 2. The highest BCUT2D eigenvalue weighted by molar-refractivity contribution is 5.85. The maximum atomic E-state index is 12.3. The van der Waals surface area contributed by atoms with E-state index in [4.69, 9.17) is 5.73 Å². The van der Waals surface area contributed by atoms with Crippen molar-refractivity contribution >= 4 is 11.8 Å². The van der Waals surface area contributed by atoms with Crippen molar-refractivity contribution in [2.75, 3.05) is 32.7 Å². The summed E-state index contributed by atoms with van der Waals surface area (Å²) in [7, 11) is 0. The van der Waals surface area contributed by atoms with Crippen LogP contribution in [0.15, 0.2) is 0 Å². The monoisotopic (exact) mass is 338 g/mol. The Hall–Kier alpha value is -1.14. The van der Waals surface area contributed by atoms with Crippen LogP contribution in [0.4, 0.5) is 0 Å². The van der Waals surface area contributed by atoms with Crippen molar-refractivity contribution in [1.82, 2.24) is 15.1 Å². The molecule has 0 unspecified atom stereocenters. The fourth-order valence-corrected chi connectivity index (χ4v) is 4.01. The molecular weight excluding hydrogens is 304 g/mol. The number of nitrogens with zero attached hydrogens (tertiary/aromatic N) is 2. The zero-order valence-electron chi connectivity index (χ0n) is 15.5. The maximum Gasteiger partial charge on any atom is 0.237 e. The third-order valence-corrected chi connectivity index (χ3v) is 5.67. The van der Waals surface area contributed by atoms with E-state index >= 15 is 0 Å². The molecule has 1 saturated carbocycles. The summed E-state index contributed by atoms with van der Waals surface area (Å²) in [5.41, 5.74) is 5.33. The lowest BCUT2D eigenvalue weighted by Gasteiger charge is -2.48. The van der Waals surface area contributed by atoms with Crippen LogP contribution in [-0.4, -0.2) is 65.9 Å². The van der Waals surface area contributed by atoms with Gasteiger partial charge >= 0.3 is 0 Å². The lowest BCUT2D eigenvalue weighted by atomic mass is 9.79. The molecule has 1 aliphatic heterocycles. The highest BCUT2D eigenvalue weighted by Gasteiger charge is 2.44. The van der Waals surface area contributed by atoms with Crippen molar-refractivity contribution in [1.29, 1.82) is 0 Å². The highest BCUT2D eigenvalue weighted by atomic mass is 16.2. The van der Waals surface area contributed by atoms with Crippen LogP contribution in [-0.2, 0) is 9.59 Å². The molecule has 6 nitrogen and oxygen atoms in total. The van der Waals surface area contributed by atoms with Gasteiger partial charge in [-0.25, -0.2) is 0 Å². The molecule has 1 saturated heterocycles. The lowest BCUT2D eigenvalue weighted by molar-refractivity contribution is -0.136. The Bertz CT molecular complexity index is 438. The highest BCUT2D eigenvalue weighted by Crippen LogP contribution is 2.34. The van der Waals surface area contributed by atoms with Crippen molar-refractivity contribution in [2.45, 2.75) is 64.5 Å². The number of hydrogen-bond acceptors (Lipinski definition) is 4. The van der Waals surface area contributed by atoms with Crippen molar-refractivity contribution in [2.24, 2.45) is 11.7 Å². The van der Waals surface area contributed by atoms with Gasteiger partial charge in [-0.3, -0.25) is 19.4 Å². The summed E-state index contributed by atoms with van der Waals surface area (Å²) in [5, 5.41) is 3.01. The van der Waals surface area contributed by atoms with Gasteiger partial charge < -0.3 is 11.1 Å². The van der Waals surface area contributed by atoms with Gasteiger partial charge in [-0.15, -0.1) is 0 Å². The van der Waals surface area contributed by atoms with E-state index in [2.05, 4.69) is 29.0 Å². The molecule has 2 aliphatic rings. The minimum atomic E-state index is -0.451. The maximum absolute atomic E-state index is 12.3. The Morgan fingerprint density at radius 3 is 2.12 bits per heavy atom. The molecule has 3 N–H and O–H groups in total. The molecule has 0 spiro atoms. The van der Waals surface area contributed by atoms with Crippen LogP contribution in [0.3, 0.4) is 0 Å². The van der Waals surface area contributed by atoms with E-state index in [1.54, 1.807) is 0 Å². The zero-order valence-corrected chi connectivity index (χ0v) is 15.5. The summed E-state index contributed by atoms with van der Waals surface area (Å²) in [4.78, 5) is 28.9. The summed E-state index contributed by atoms with van der Waals surface area (Å²) >= 11 is 0. The second-order valence-corrected chi connectivity index (χ2v) is 7.79. The third kappa shape index (κ3) is 4.28. The molecule has 0 bridgehead atoms. The normalized spacial score (nSPS) is 23.8. The second kappa shape index (κ2) is 8.30. The minimum Gasteiger partial charge on any atom is -0.368 e. The first-order valence-electron chi connectivity index (χ1n) is 9.43. The molecule has 0 aromatic carbocycles. The van der Waals surface area contributed by atoms with Crippen molar-refractivity contribution in [3.63, 3.8) is 0 Å². The quantitative estimate of drug-likeness (QED) is 0.756. The van der Waals surface area contributed by atoms with E-state index in [9.17, 15) is 9.59 Å². The molecule has 2 fully saturated rings. The predicted octanol–water partition coefficient (Wildman–Crippen LogP) is 0.953. The smallest absolute Gasteiger partial charge is 0.237 e. The molecular formula is C18H34N4O2. The van der Waals surface area contributed by atoms with Crippen LogP contribution in [0.1, 0.15) is 52.9 Å². The van der Waals surface area contributed by atoms with E-state index < -0.39 is 5.54 Å². The van der Waals surface area contributed by atoms with Gasteiger partial charge in [-0.2, -0.15) is 0 Å². The zero-order chi connectivity index (χ0) is 17.7. The van der Waals surface area contributed by atoms with Crippen molar-refractivity contribution < 1.29 is 9.59 Å². The van der Waals surface area contributed by atoms with Crippen LogP contribution in [0.5, 0.6) is 0 Å². The second-order valence-electron chi connectivity index (χ2n) is 7.79. The molecule has 24 heavy (non-hydrogen) atoms. The van der Waals surface area contributed by atoms with Crippen LogP contribution < -0.4 is 11.1 Å². The molecule has 6 heteroatoms. The molecule has 0 radical (unpaired) electrons. The van der Waals surface area contributed by atoms with Gasteiger partial charge in [0.2, 0.25) is 11.8 Å². The molecule has 0 aromatic heterocycles. The minimum absolute atomic E-state index is 0.0967. The number of nitrogens with one attached hydrogen (secondary N) is 1. The number of carbonyl (C=O) groups excluding carboxylic acids is 2. The first-order valence-corrected chi connectivity index (χ1v) is 9.43. The fraction of sp³-hybridized carbons (Fsp3) is 0.889. The molecule has 2 amide bonds. The summed E-state index contributed by atoms with van der Waals surface area (Å²) in [6.07, 6.45) is 5.12. The lowest BCUT2D eigenvalue weighted by Crippen LogP contribution is -2.64. The Labute approximate surface area is 146 Å². The van der Waals surface area contributed by atoms with Crippen LogP contribution in [0, 0.1) is 5.92 Å². The molecule has 1 aliphatic carbocycles. The number of nitrogens with two attached hydrogens (primary N) is 1. The first kappa shape index (κ1) is 19.2. The Morgan fingerprint density at radius 2 is 1.62 bits per heavy atom. The number of rotatable bonds is 6. The van der Waals surface area contributed by atoms with Gasteiger partial charge in [0.15, 0.2) is 0 Å². The average molecular weight is 338 g/mol. The summed E-state index contributed by atoms with van der Waals surface area (Å²) < 4.78 is 0. The summed E-state index contributed by atoms with van der Waals surface area (Å²) in [5.74, 6) is 0.387. The van der Waals surface area contributed by atoms with E-state index in [0.29, 0.717) is 12.5 Å². The van der Waals surface area contributed by atoms with Gasteiger partial charge in [-0.1, -0.05) is 33.1 Å². The standard InChI is InChI=1S/C18H34N4O2/c1-14(2)13-20-16(23)15(3)21-9-11-22(12-10-21)18(17(19)24)7-5-4-6-8-18/h14-15H,4-13H2,1-3H3,(H2,19,24)(H,20,23)/t15-/m1/s1. The van der Waals surface area contributed by atoms with Crippen LogP contribution in [0.25, 0.3) is 0 Å². The summed E-state index contributed by atoms with van der Waals surface area (Å²) in [6, 6.07) is -0.123. The number of primary amides is 1. The largest absolute Gasteiger partial charge is 0.368 e. The molecule has 2 rings (SSSR count). The number of carbonyl (C=O) groups is 2. The van der Waals surface area contributed by atoms with E-state index in [0.717, 1.165) is 51.9 Å². The van der Waals surface area contributed by atoms with Gasteiger partial charge in [-0.05, 0) is 25.7 Å².